The van der Waals surface area contributed by atoms with Gasteiger partial charge in [0.1, 0.15) is 10.7 Å². The Labute approximate surface area is 160 Å². The predicted octanol–water partition coefficient (Wildman–Crippen LogP) is 3.07. The molecule has 25 heavy (non-hydrogen) atoms. The van der Waals surface area contributed by atoms with Gasteiger partial charge < -0.3 is 16.4 Å². The lowest BCUT2D eigenvalue weighted by atomic mass is 10.1. The van der Waals surface area contributed by atoms with E-state index in [2.05, 4.69) is 15.6 Å². The molecule has 1 aliphatic rings. The van der Waals surface area contributed by atoms with Crippen LogP contribution < -0.4 is 16.4 Å². The number of benzene rings is 1. The largest absolute Gasteiger partial charge is 0.352 e. The number of hydrogen-bond donors (Lipinski definition) is 3. The van der Waals surface area contributed by atoms with Crippen LogP contribution in [0, 0.1) is 5.92 Å². The molecule has 0 bridgehead atoms. The number of amides is 2. The fourth-order valence-corrected chi connectivity index (χ4v) is 2.99. The molecule has 0 atom stereocenters. The summed E-state index contributed by atoms with van der Waals surface area (Å²) in [5.41, 5.74) is 6.53. The Kier molecular flexibility index (Phi) is 6.78. The van der Waals surface area contributed by atoms with E-state index in [-0.39, 0.29) is 36.5 Å². The molecule has 4 N–H and O–H groups in total. The van der Waals surface area contributed by atoms with Crippen LogP contribution in [-0.2, 0) is 6.54 Å². The number of aromatic nitrogens is 1. The third kappa shape index (κ3) is 5.15. The molecule has 0 unspecified atom stereocenters. The van der Waals surface area contributed by atoms with Crippen LogP contribution in [0.3, 0.4) is 0 Å². The number of rotatable bonds is 6. The molecule has 3 rings (SSSR count). The Morgan fingerprint density at radius 2 is 2.08 bits per heavy atom. The van der Waals surface area contributed by atoms with Crippen LogP contribution in [0.2, 0.25) is 5.02 Å². The van der Waals surface area contributed by atoms with Gasteiger partial charge in [0, 0.05) is 23.5 Å². The molecular weight excluding hydrogens is 383 g/mol. The monoisotopic (exact) mass is 400 g/mol. The van der Waals surface area contributed by atoms with E-state index >= 15 is 0 Å². The summed E-state index contributed by atoms with van der Waals surface area (Å²) >= 11 is 7.32. The summed E-state index contributed by atoms with van der Waals surface area (Å²) < 4.78 is 0. The van der Waals surface area contributed by atoms with E-state index in [0.29, 0.717) is 33.7 Å². The van der Waals surface area contributed by atoms with Crippen LogP contribution in [0.4, 0.5) is 5.69 Å². The van der Waals surface area contributed by atoms with Crippen molar-refractivity contribution in [2.75, 3.05) is 11.9 Å². The van der Waals surface area contributed by atoms with E-state index in [0.717, 1.165) is 12.8 Å². The Bertz CT molecular complexity index is 777. The lowest BCUT2D eigenvalue weighted by molar-refractivity contribution is 0.0952. The van der Waals surface area contributed by atoms with E-state index in [1.54, 1.807) is 23.6 Å². The smallest absolute Gasteiger partial charge is 0.275 e. The number of carbonyl (C=O) groups excluding carboxylic acids is 2. The molecule has 1 aromatic heterocycles. The van der Waals surface area contributed by atoms with Crippen LogP contribution in [0.15, 0.2) is 23.6 Å². The van der Waals surface area contributed by atoms with Crippen molar-refractivity contribution >= 4 is 52.8 Å². The fraction of sp³-hybridized carbons (Fsp3) is 0.312. The Morgan fingerprint density at radius 1 is 1.32 bits per heavy atom. The highest BCUT2D eigenvalue weighted by molar-refractivity contribution is 7.09. The molecule has 0 spiro atoms. The molecule has 1 saturated carbocycles. The normalized spacial score (nSPS) is 13.0. The summed E-state index contributed by atoms with van der Waals surface area (Å²) in [5, 5.41) is 8.35. The number of anilines is 1. The van der Waals surface area contributed by atoms with Crippen LogP contribution in [-0.4, -0.2) is 23.3 Å². The fourth-order valence-electron chi connectivity index (χ4n) is 2.16. The second-order valence-corrected chi connectivity index (χ2v) is 7.01. The van der Waals surface area contributed by atoms with Crippen LogP contribution in [0.5, 0.6) is 0 Å². The Hall–Kier alpha value is -1.67. The minimum Gasteiger partial charge on any atom is -0.352 e. The summed E-state index contributed by atoms with van der Waals surface area (Å²) in [4.78, 5) is 28.8. The third-order valence-electron chi connectivity index (χ3n) is 3.68. The van der Waals surface area contributed by atoms with Gasteiger partial charge in [0.05, 0.1) is 11.3 Å². The van der Waals surface area contributed by atoms with Crippen molar-refractivity contribution in [3.8, 4) is 0 Å². The zero-order valence-corrected chi connectivity index (χ0v) is 15.6. The van der Waals surface area contributed by atoms with Crippen molar-refractivity contribution < 1.29 is 9.59 Å². The van der Waals surface area contributed by atoms with Crippen LogP contribution >= 0.6 is 35.3 Å². The quantitative estimate of drug-likeness (QED) is 0.693. The minimum atomic E-state index is -0.385. The van der Waals surface area contributed by atoms with Crippen molar-refractivity contribution in [1.82, 2.24) is 10.3 Å². The van der Waals surface area contributed by atoms with Gasteiger partial charge in [0.25, 0.3) is 11.8 Å². The molecule has 0 aliphatic heterocycles. The van der Waals surface area contributed by atoms with E-state index in [1.165, 1.54) is 11.3 Å². The first-order chi connectivity index (χ1) is 11.6. The van der Waals surface area contributed by atoms with Crippen molar-refractivity contribution in [1.29, 1.82) is 0 Å². The van der Waals surface area contributed by atoms with Gasteiger partial charge in [-0.3, -0.25) is 9.59 Å². The number of nitrogens with two attached hydrogens (primary N) is 1. The maximum Gasteiger partial charge on any atom is 0.275 e. The average Bonchev–Trinajstić information content (AvgIpc) is 3.28. The number of nitrogens with zero attached hydrogens (tertiary/aromatic N) is 1. The highest BCUT2D eigenvalue weighted by Gasteiger charge is 2.23. The minimum absolute atomic E-state index is 0. The van der Waals surface area contributed by atoms with E-state index in [9.17, 15) is 9.59 Å². The van der Waals surface area contributed by atoms with Crippen LogP contribution in [0.1, 0.15) is 38.7 Å². The first-order valence-electron chi connectivity index (χ1n) is 7.60. The van der Waals surface area contributed by atoms with Crippen molar-refractivity contribution in [3.63, 3.8) is 0 Å². The molecule has 1 aliphatic carbocycles. The summed E-state index contributed by atoms with van der Waals surface area (Å²) in [7, 11) is 0. The summed E-state index contributed by atoms with van der Waals surface area (Å²) in [6.07, 6.45) is 2.29. The second-order valence-electron chi connectivity index (χ2n) is 5.63. The Balaban J connectivity index is 0.00000225. The maximum atomic E-state index is 12.4. The van der Waals surface area contributed by atoms with E-state index in [4.69, 9.17) is 17.3 Å². The zero-order valence-electron chi connectivity index (χ0n) is 13.3. The maximum absolute atomic E-state index is 12.4. The van der Waals surface area contributed by atoms with Gasteiger partial charge in [-0.05, 0) is 37.0 Å². The molecule has 1 fully saturated rings. The van der Waals surface area contributed by atoms with Gasteiger partial charge >= 0.3 is 0 Å². The second kappa shape index (κ2) is 8.62. The van der Waals surface area contributed by atoms with Gasteiger partial charge in [-0.25, -0.2) is 4.98 Å². The number of nitrogens with one attached hydrogen (secondary N) is 2. The van der Waals surface area contributed by atoms with Gasteiger partial charge in [0.2, 0.25) is 0 Å². The zero-order chi connectivity index (χ0) is 17.1. The standard InChI is InChI=1S/C16H17ClN4O2S.ClH/c17-10-3-4-12(11(5-10)15(22)19-7-9-1-2-9)21-16(23)13-8-24-14(6-18)20-13;/h3-5,8-9H,1-2,6-7,18H2,(H,19,22)(H,21,23);1H. The number of halogens is 2. The molecular formula is C16H18Cl2N4O2S. The topological polar surface area (TPSA) is 97.1 Å². The SMILES string of the molecule is Cl.NCc1nc(C(=O)Nc2ccc(Cl)cc2C(=O)NCC2CC2)cs1. The molecule has 2 aromatic rings. The lowest BCUT2D eigenvalue weighted by Crippen LogP contribution is -2.27. The predicted molar refractivity (Wildman–Crippen MR) is 102 cm³/mol. The first-order valence-corrected chi connectivity index (χ1v) is 8.86. The van der Waals surface area contributed by atoms with Crippen molar-refractivity contribution in [2.45, 2.75) is 19.4 Å². The average molecular weight is 401 g/mol. The molecule has 0 saturated heterocycles. The molecule has 2 amide bonds. The summed E-state index contributed by atoms with van der Waals surface area (Å²) in [6, 6.07) is 4.79. The first kappa shape index (κ1) is 19.7. The van der Waals surface area contributed by atoms with Gasteiger partial charge in [-0.15, -0.1) is 23.7 Å². The van der Waals surface area contributed by atoms with E-state index < -0.39 is 0 Å². The molecule has 9 heteroatoms. The molecule has 134 valence electrons. The Morgan fingerprint density at radius 3 is 2.72 bits per heavy atom. The van der Waals surface area contributed by atoms with Gasteiger partial charge in [-0.2, -0.15) is 0 Å². The van der Waals surface area contributed by atoms with Gasteiger partial charge in [-0.1, -0.05) is 11.6 Å². The molecule has 1 heterocycles. The number of thiazole rings is 1. The summed E-state index contributed by atoms with van der Waals surface area (Å²) in [5.74, 6) is -0.0685. The highest BCUT2D eigenvalue weighted by atomic mass is 35.5. The lowest BCUT2D eigenvalue weighted by Gasteiger charge is -2.11. The number of carbonyl (C=O) groups is 2. The van der Waals surface area contributed by atoms with Gasteiger partial charge in [0.15, 0.2) is 0 Å². The summed E-state index contributed by atoms with van der Waals surface area (Å²) in [6.45, 7) is 0.929. The van der Waals surface area contributed by atoms with E-state index in [1.807, 2.05) is 0 Å². The number of hydrogen-bond acceptors (Lipinski definition) is 5. The van der Waals surface area contributed by atoms with Crippen molar-refractivity contribution in [2.24, 2.45) is 11.7 Å². The highest BCUT2D eigenvalue weighted by Crippen LogP contribution is 2.28. The van der Waals surface area contributed by atoms with Crippen LogP contribution in [0.25, 0.3) is 0 Å². The molecule has 0 radical (unpaired) electrons. The molecule has 1 aromatic carbocycles. The third-order valence-corrected chi connectivity index (χ3v) is 4.79. The molecule has 6 nitrogen and oxygen atoms in total. The van der Waals surface area contributed by atoms with Crippen molar-refractivity contribution in [3.05, 3.63) is 44.9 Å².